The van der Waals surface area contributed by atoms with Crippen molar-refractivity contribution in [2.24, 2.45) is 5.92 Å². The fraction of sp³-hybridized carbons (Fsp3) is 0.727. The predicted octanol–water partition coefficient (Wildman–Crippen LogP) is 4.20. The number of aliphatic hydroxyl groups excluding tert-OH is 1. The topological polar surface area (TPSA) is 62.8 Å². The first kappa shape index (κ1) is 23.5. The van der Waals surface area contributed by atoms with Crippen LogP contribution in [0, 0.1) is 12.8 Å². The largest absolute Gasteiger partial charge is 0.493 e. The van der Waals surface area contributed by atoms with Crippen LogP contribution < -0.4 is 14.8 Å². The molecule has 0 aromatic heterocycles. The van der Waals surface area contributed by atoms with Crippen LogP contribution in [0.5, 0.6) is 5.75 Å². The van der Waals surface area contributed by atoms with Crippen molar-refractivity contribution >= 4 is 11.9 Å². The lowest BCUT2D eigenvalue weighted by Gasteiger charge is -2.16. The van der Waals surface area contributed by atoms with Gasteiger partial charge in [-0.15, -0.1) is 0 Å². The maximum absolute atomic E-state index is 9.45. The molecule has 0 spiro atoms. The van der Waals surface area contributed by atoms with E-state index in [-0.39, 0.29) is 0 Å². The molecule has 6 heteroatoms. The van der Waals surface area contributed by atoms with Gasteiger partial charge in [0.1, 0.15) is 5.75 Å². The number of hydrogen-bond acceptors (Lipinski definition) is 6. The molecule has 1 saturated carbocycles. The zero-order valence-corrected chi connectivity index (χ0v) is 18.5. The Bertz CT molecular complexity index is 555. The van der Waals surface area contributed by atoms with Crippen LogP contribution in [0.1, 0.15) is 63.1 Å². The summed E-state index contributed by atoms with van der Waals surface area (Å²) in [4.78, 5) is 0. The van der Waals surface area contributed by atoms with Crippen LogP contribution in [-0.4, -0.2) is 43.5 Å². The molecule has 5 nitrogen and oxygen atoms in total. The van der Waals surface area contributed by atoms with Gasteiger partial charge in [-0.1, -0.05) is 30.5 Å². The Kier molecular flexibility index (Phi) is 11.3. The van der Waals surface area contributed by atoms with Crippen molar-refractivity contribution < 1.29 is 14.6 Å². The molecule has 1 aromatic rings. The van der Waals surface area contributed by atoms with Crippen molar-refractivity contribution in [1.29, 1.82) is 0 Å². The molecule has 1 unspecified atom stereocenters. The van der Waals surface area contributed by atoms with E-state index in [1.165, 1.54) is 36.8 Å². The summed E-state index contributed by atoms with van der Waals surface area (Å²) in [5.74, 6) is 2.91. The number of aliphatic hydroxyl groups is 1. The molecule has 0 heterocycles. The minimum Gasteiger partial charge on any atom is -0.493 e. The lowest BCUT2D eigenvalue weighted by Crippen LogP contribution is -2.29. The summed E-state index contributed by atoms with van der Waals surface area (Å²) in [7, 11) is 0. The van der Waals surface area contributed by atoms with Crippen LogP contribution >= 0.6 is 11.9 Å². The van der Waals surface area contributed by atoms with E-state index < -0.39 is 6.29 Å². The van der Waals surface area contributed by atoms with Crippen LogP contribution in [0.25, 0.3) is 0 Å². The second-order valence-electron chi connectivity index (χ2n) is 7.64. The first-order valence-corrected chi connectivity index (χ1v) is 11.7. The number of benzene rings is 1. The molecule has 0 bridgehead atoms. The molecule has 2 atom stereocenters. The smallest absolute Gasteiger partial charge is 0.167 e. The lowest BCUT2D eigenvalue weighted by atomic mass is 10.1. The summed E-state index contributed by atoms with van der Waals surface area (Å²) < 4.78 is 14.6. The molecule has 0 saturated heterocycles. The van der Waals surface area contributed by atoms with Gasteiger partial charge in [-0.25, -0.2) is 0 Å². The van der Waals surface area contributed by atoms with Crippen molar-refractivity contribution in [3.8, 4) is 5.75 Å². The average Bonchev–Trinajstić information content (AvgIpc) is 3.50. The van der Waals surface area contributed by atoms with Crippen LogP contribution in [0.2, 0.25) is 0 Å². The molecule has 1 fully saturated rings. The Labute approximate surface area is 175 Å². The van der Waals surface area contributed by atoms with Crippen molar-refractivity contribution in [2.45, 2.75) is 65.2 Å². The zero-order chi connectivity index (χ0) is 20.2. The number of rotatable bonds is 16. The maximum Gasteiger partial charge on any atom is 0.167 e. The van der Waals surface area contributed by atoms with E-state index in [9.17, 15) is 5.11 Å². The summed E-state index contributed by atoms with van der Waals surface area (Å²) in [5, 5.41) is 12.7. The molecule has 0 amide bonds. The van der Waals surface area contributed by atoms with Gasteiger partial charge in [0.05, 0.1) is 6.61 Å². The first-order valence-electron chi connectivity index (χ1n) is 10.7. The van der Waals surface area contributed by atoms with E-state index in [1.54, 1.807) is 11.9 Å². The third-order valence-electron chi connectivity index (χ3n) is 4.92. The van der Waals surface area contributed by atoms with Crippen molar-refractivity contribution in [3.05, 3.63) is 29.3 Å². The SMILES string of the molecule is CCOC(O)CNCCCCCSN[C@@H](C)c1ccc(C)c(OCC2CC2)c1. The van der Waals surface area contributed by atoms with Crippen molar-refractivity contribution in [3.63, 3.8) is 0 Å². The maximum atomic E-state index is 9.45. The third-order valence-corrected chi connectivity index (χ3v) is 5.93. The third kappa shape index (κ3) is 9.61. The minimum absolute atomic E-state index is 0.301. The Morgan fingerprint density at radius 3 is 2.82 bits per heavy atom. The quantitative estimate of drug-likeness (QED) is 0.216. The van der Waals surface area contributed by atoms with Gasteiger partial charge in [0.15, 0.2) is 6.29 Å². The predicted molar refractivity (Wildman–Crippen MR) is 118 cm³/mol. The van der Waals surface area contributed by atoms with E-state index in [2.05, 4.69) is 42.1 Å². The molecule has 0 aliphatic heterocycles. The molecule has 28 heavy (non-hydrogen) atoms. The van der Waals surface area contributed by atoms with Crippen molar-refractivity contribution in [1.82, 2.24) is 10.0 Å². The van der Waals surface area contributed by atoms with Crippen LogP contribution in [0.15, 0.2) is 18.2 Å². The van der Waals surface area contributed by atoms with Gasteiger partial charge in [-0.3, -0.25) is 4.72 Å². The molecule has 3 N–H and O–H groups in total. The Morgan fingerprint density at radius 1 is 1.25 bits per heavy atom. The molecule has 0 radical (unpaired) electrons. The first-order chi connectivity index (χ1) is 13.6. The summed E-state index contributed by atoms with van der Waals surface area (Å²) in [6.07, 6.45) is 5.44. The second-order valence-corrected chi connectivity index (χ2v) is 8.57. The fourth-order valence-corrected chi connectivity index (χ4v) is 3.72. The van der Waals surface area contributed by atoms with E-state index in [4.69, 9.17) is 9.47 Å². The van der Waals surface area contributed by atoms with E-state index in [0.717, 1.165) is 37.0 Å². The lowest BCUT2D eigenvalue weighted by molar-refractivity contribution is -0.0912. The molecular weight excluding hydrogens is 372 g/mol. The minimum atomic E-state index is -0.687. The Balaban J connectivity index is 1.53. The monoisotopic (exact) mass is 410 g/mol. The van der Waals surface area contributed by atoms with Crippen LogP contribution in [0.3, 0.4) is 0 Å². The molecule has 1 aromatic carbocycles. The fourth-order valence-electron chi connectivity index (χ4n) is 2.86. The van der Waals surface area contributed by atoms with Gasteiger partial charge in [-0.05, 0) is 76.1 Å². The van der Waals surface area contributed by atoms with Gasteiger partial charge in [0.2, 0.25) is 0 Å². The zero-order valence-electron chi connectivity index (χ0n) is 17.7. The van der Waals surface area contributed by atoms with Crippen LogP contribution in [-0.2, 0) is 4.74 Å². The number of ether oxygens (including phenoxy) is 2. The standard InChI is InChI=1S/C22H38N2O3S/c1-4-26-22(25)15-23-12-6-5-7-13-28-24-18(3)20-11-8-17(2)21(14-20)27-16-19-9-10-19/h8,11,14,18-19,22-25H,4-7,9-10,12-13,15-16H2,1-3H3/t18-,22?/m0/s1. The summed E-state index contributed by atoms with van der Waals surface area (Å²) >= 11 is 1.80. The summed E-state index contributed by atoms with van der Waals surface area (Å²) in [6, 6.07) is 6.85. The molecule has 160 valence electrons. The number of unbranched alkanes of at least 4 members (excludes halogenated alkanes) is 2. The molecule has 1 aliphatic rings. The molecular formula is C22H38N2O3S. The highest BCUT2D eigenvalue weighted by Crippen LogP contribution is 2.31. The van der Waals surface area contributed by atoms with Crippen molar-refractivity contribution in [2.75, 3.05) is 32.1 Å². The number of hydrogen-bond donors (Lipinski definition) is 3. The highest BCUT2D eigenvalue weighted by atomic mass is 32.2. The number of aryl methyl sites for hydroxylation is 1. The van der Waals surface area contributed by atoms with E-state index in [0.29, 0.717) is 19.2 Å². The van der Waals surface area contributed by atoms with Gasteiger partial charge < -0.3 is 19.9 Å². The van der Waals surface area contributed by atoms with Crippen LogP contribution in [0.4, 0.5) is 0 Å². The Hall–Kier alpha value is -0.790. The van der Waals surface area contributed by atoms with Gasteiger partial charge in [0, 0.05) is 24.9 Å². The van der Waals surface area contributed by atoms with E-state index >= 15 is 0 Å². The van der Waals surface area contributed by atoms with Gasteiger partial charge in [0.25, 0.3) is 0 Å². The second kappa shape index (κ2) is 13.4. The normalized spacial score (nSPS) is 16.1. The summed E-state index contributed by atoms with van der Waals surface area (Å²) in [6.45, 7) is 9.04. The molecule has 1 aliphatic carbocycles. The molecule has 2 rings (SSSR count). The highest BCUT2D eigenvalue weighted by Gasteiger charge is 2.22. The van der Waals surface area contributed by atoms with Gasteiger partial charge >= 0.3 is 0 Å². The van der Waals surface area contributed by atoms with E-state index in [1.807, 2.05) is 6.92 Å². The Morgan fingerprint density at radius 2 is 2.07 bits per heavy atom. The summed E-state index contributed by atoms with van der Waals surface area (Å²) in [5.41, 5.74) is 2.49. The number of nitrogens with one attached hydrogen (secondary N) is 2. The average molecular weight is 411 g/mol. The highest BCUT2D eigenvalue weighted by molar-refractivity contribution is 7.97. The van der Waals surface area contributed by atoms with Gasteiger partial charge in [-0.2, -0.15) is 0 Å².